The summed E-state index contributed by atoms with van der Waals surface area (Å²) in [7, 11) is 0. The van der Waals surface area contributed by atoms with Crippen LogP contribution in [-0.2, 0) is 11.3 Å². The molecule has 1 amide bonds. The van der Waals surface area contributed by atoms with Gasteiger partial charge in [-0.2, -0.15) is 0 Å². The molecule has 2 N–H and O–H groups in total. The SMILES string of the molecule is Cc1sc2ncnc(NCCCC(=O)NCc3ccccc3)c2c1-c1ccccc1. The van der Waals surface area contributed by atoms with Gasteiger partial charge in [0, 0.05) is 30.0 Å². The Hall–Kier alpha value is -3.25. The lowest BCUT2D eigenvalue weighted by Crippen LogP contribution is -2.23. The average molecular weight is 417 g/mol. The van der Waals surface area contributed by atoms with Gasteiger partial charge in [-0.05, 0) is 24.5 Å². The van der Waals surface area contributed by atoms with Crippen LogP contribution in [0.5, 0.6) is 0 Å². The van der Waals surface area contributed by atoms with E-state index in [2.05, 4.69) is 39.7 Å². The van der Waals surface area contributed by atoms with Crippen LogP contribution in [0.2, 0.25) is 0 Å². The number of benzene rings is 2. The van der Waals surface area contributed by atoms with Crippen LogP contribution < -0.4 is 10.6 Å². The lowest BCUT2D eigenvalue weighted by atomic mass is 10.0. The van der Waals surface area contributed by atoms with Crippen LogP contribution in [0.4, 0.5) is 5.82 Å². The van der Waals surface area contributed by atoms with Crippen molar-refractivity contribution in [1.29, 1.82) is 0 Å². The van der Waals surface area contributed by atoms with Crippen molar-refractivity contribution in [3.05, 3.63) is 77.4 Å². The Kier molecular flexibility index (Phi) is 6.35. The van der Waals surface area contributed by atoms with Crippen molar-refractivity contribution in [3.63, 3.8) is 0 Å². The summed E-state index contributed by atoms with van der Waals surface area (Å²) in [5, 5.41) is 7.44. The molecule has 5 nitrogen and oxygen atoms in total. The van der Waals surface area contributed by atoms with Gasteiger partial charge in [0.1, 0.15) is 17.0 Å². The van der Waals surface area contributed by atoms with Gasteiger partial charge in [0.15, 0.2) is 0 Å². The van der Waals surface area contributed by atoms with Crippen LogP contribution in [0.3, 0.4) is 0 Å². The number of thiophene rings is 1. The first-order valence-corrected chi connectivity index (χ1v) is 10.9. The summed E-state index contributed by atoms with van der Waals surface area (Å²) < 4.78 is 0. The fraction of sp³-hybridized carbons (Fsp3) is 0.208. The Morgan fingerprint density at radius 2 is 1.73 bits per heavy atom. The third-order valence-electron chi connectivity index (χ3n) is 4.93. The predicted octanol–water partition coefficient (Wildman–Crippen LogP) is 5.18. The second-order valence-electron chi connectivity index (χ2n) is 7.09. The summed E-state index contributed by atoms with van der Waals surface area (Å²) in [5.41, 5.74) is 3.45. The number of carbonyl (C=O) groups excluding carboxylic acids is 1. The molecule has 0 aliphatic carbocycles. The van der Waals surface area contributed by atoms with E-state index >= 15 is 0 Å². The molecule has 0 bridgehead atoms. The first-order valence-electron chi connectivity index (χ1n) is 10.1. The Labute approximate surface area is 180 Å². The van der Waals surface area contributed by atoms with E-state index in [1.807, 2.05) is 48.5 Å². The van der Waals surface area contributed by atoms with E-state index in [4.69, 9.17) is 0 Å². The molecule has 2 heterocycles. The van der Waals surface area contributed by atoms with Gasteiger partial charge in [0.25, 0.3) is 0 Å². The molecule has 0 atom stereocenters. The van der Waals surface area contributed by atoms with Crippen molar-refractivity contribution < 1.29 is 4.79 Å². The molecule has 0 aliphatic rings. The van der Waals surface area contributed by atoms with Gasteiger partial charge in [-0.25, -0.2) is 9.97 Å². The molecule has 4 rings (SSSR count). The minimum Gasteiger partial charge on any atom is -0.369 e. The minimum absolute atomic E-state index is 0.0600. The van der Waals surface area contributed by atoms with Gasteiger partial charge >= 0.3 is 0 Å². The van der Waals surface area contributed by atoms with E-state index in [9.17, 15) is 4.79 Å². The highest BCUT2D eigenvalue weighted by Gasteiger charge is 2.16. The zero-order valence-corrected chi connectivity index (χ0v) is 17.7. The van der Waals surface area contributed by atoms with Crippen molar-refractivity contribution in [1.82, 2.24) is 15.3 Å². The Bertz CT molecular complexity index is 1130. The first-order chi connectivity index (χ1) is 14.7. The summed E-state index contributed by atoms with van der Waals surface area (Å²) in [6.45, 7) is 3.36. The van der Waals surface area contributed by atoms with E-state index in [0.717, 1.165) is 28.0 Å². The number of anilines is 1. The molecular weight excluding hydrogens is 392 g/mol. The second kappa shape index (κ2) is 9.50. The molecular formula is C24H24N4OS. The van der Waals surface area contributed by atoms with Gasteiger partial charge in [-0.1, -0.05) is 60.7 Å². The zero-order chi connectivity index (χ0) is 20.8. The number of aryl methyl sites for hydroxylation is 1. The maximum Gasteiger partial charge on any atom is 0.220 e. The number of hydrogen-bond donors (Lipinski definition) is 2. The van der Waals surface area contributed by atoms with Crippen molar-refractivity contribution in [2.45, 2.75) is 26.3 Å². The highest BCUT2D eigenvalue weighted by molar-refractivity contribution is 7.19. The molecule has 0 saturated heterocycles. The van der Waals surface area contributed by atoms with Gasteiger partial charge in [0.05, 0.1) is 5.39 Å². The van der Waals surface area contributed by atoms with E-state index in [0.29, 0.717) is 19.5 Å². The molecule has 6 heteroatoms. The third-order valence-corrected chi connectivity index (χ3v) is 5.95. The second-order valence-corrected chi connectivity index (χ2v) is 8.30. The van der Waals surface area contributed by atoms with Gasteiger partial charge in [0.2, 0.25) is 5.91 Å². The van der Waals surface area contributed by atoms with Crippen LogP contribution >= 0.6 is 11.3 Å². The van der Waals surface area contributed by atoms with Crippen LogP contribution in [-0.4, -0.2) is 22.4 Å². The standard InChI is InChI=1S/C24H24N4OS/c1-17-21(19-11-6-3-7-12-19)22-23(27-16-28-24(22)30-17)25-14-8-13-20(29)26-15-18-9-4-2-5-10-18/h2-7,9-12,16H,8,13-15H2,1H3,(H,26,29)(H,25,27,28). The normalized spacial score (nSPS) is 10.8. The number of fused-ring (bicyclic) bond motifs is 1. The summed E-state index contributed by atoms with van der Waals surface area (Å²) in [6.07, 6.45) is 2.81. The Morgan fingerprint density at radius 3 is 2.50 bits per heavy atom. The average Bonchev–Trinajstić information content (AvgIpc) is 3.13. The van der Waals surface area contributed by atoms with Crippen molar-refractivity contribution >= 4 is 33.3 Å². The Morgan fingerprint density at radius 1 is 1.00 bits per heavy atom. The number of nitrogens with zero attached hydrogens (tertiary/aromatic N) is 2. The van der Waals surface area contributed by atoms with Gasteiger partial charge in [-0.3, -0.25) is 4.79 Å². The van der Waals surface area contributed by atoms with E-state index < -0.39 is 0 Å². The zero-order valence-electron chi connectivity index (χ0n) is 16.9. The topological polar surface area (TPSA) is 66.9 Å². The maximum absolute atomic E-state index is 12.1. The molecule has 4 aromatic rings. The molecule has 0 radical (unpaired) electrons. The highest BCUT2D eigenvalue weighted by Crippen LogP contribution is 2.40. The van der Waals surface area contributed by atoms with E-state index in [1.165, 1.54) is 16.0 Å². The van der Waals surface area contributed by atoms with Crippen LogP contribution in [0.15, 0.2) is 67.0 Å². The van der Waals surface area contributed by atoms with Crippen LogP contribution in [0.1, 0.15) is 23.3 Å². The number of nitrogens with one attached hydrogen (secondary N) is 2. The number of rotatable bonds is 8. The van der Waals surface area contributed by atoms with Gasteiger partial charge in [-0.15, -0.1) is 11.3 Å². The first kappa shape index (κ1) is 20.0. The molecule has 0 unspecified atom stereocenters. The van der Waals surface area contributed by atoms with Gasteiger partial charge < -0.3 is 10.6 Å². The molecule has 0 saturated carbocycles. The third kappa shape index (κ3) is 4.66. The highest BCUT2D eigenvalue weighted by atomic mass is 32.1. The fourth-order valence-corrected chi connectivity index (χ4v) is 4.48. The lowest BCUT2D eigenvalue weighted by molar-refractivity contribution is -0.121. The molecule has 0 aliphatic heterocycles. The molecule has 2 aromatic heterocycles. The molecule has 2 aromatic carbocycles. The minimum atomic E-state index is 0.0600. The molecule has 30 heavy (non-hydrogen) atoms. The largest absolute Gasteiger partial charge is 0.369 e. The maximum atomic E-state index is 12.1. The summed E-state index contributed by atoms with van der Waals surface area (Å²) >= 11 is 1.68. The number of amides is 1. The number of hydrogen-bond acceptors (Lipinski definition) is 5. The van der Waals surface area contributed by atoms with Crippen molar-refractivity contribution in [2.24, 2.45) is 0 Å². The smallest absolute Gasteiger partial charge is 0.220 e. The fourth-order valence-electron chi connectivity index (χ4n) is 3.47. The predicted molar refractivity (Wildman–Crippen MR) is 124 cm³/mol. The van der Waals surface area contributed by atoms with E-state index in [1.54, 1.807) is 17.7 Å². The van der Waals surface area contributed by atoms with Crippen LogP contribution in [0, 0.1) is 6.92 Å². The number of carbonyl (C=O) groups is 1. The monoisotopic (exact) mass is 416 g/mol. The van der Waals surface area contributed by atoms with E-state index in [-0.39, 0.29) is 5.91 Å². The summed E-state index contributed by atoms with van der Waals surface area (Å²) in [6, 6.07) is 20.3. The van der Waals surface area contributed by atoms with Crippen molar-refractivity contribution in [3.8, 4) is 11.1 Å². The summed E-state index contributed by atoms with van der Waals surface area (Å²) in [4.78, 5) is 23.3. The Balaban J connectivity index is 1.38. The quantitative estimate of drug-likeness (QED) is 0.389. The molecule has 0 spiro atoms. The van der Waals surface area contributed by atoms with Crippen LogP contribution in [0.25, 0.3) is 21.3 Å². The van der Waals surface area contributed by atoms with Crippen molar-refractivity contribution in [2.75, 3.05) is 11.9 Å². The molecule has 152 valence electrons. The molecule has 0 fully saturated rings. The summed E-state index contributed by atoms with van der Waals surface area (Å²) in [5.74, 6) is 0.887. The lowest BCUT2D eigenvalue weighted by Gasteiger charge is -2.09. The number of aromatic nitrogens is 2.